The van der Waals surface area contributed by atoms with Gasteiger partial charge in [0.1, 0.15) is 0 Å². The number of likely N-dealkylation sites (tertiary alicyclic amines) is 1. The number of hydrogen-bond acceptors (Lipinski definition) is 4. The molecule has 0 unspecified atom stereocenters. The minimum Gasteiger partial charge on any atom is -0.338 e. The molecule has 1 saturated heterocycles. The van der Waals surface area contributed by atoms with E-state index in [0.717, 1.165) is 35.2 Å². The van der Waals surface area contributed by atoms with Crippen molar-refractivity contribution in [3.63, 3.8) is 0 Å². The molecule has 35 heavy (non-hydrogen) atoms. The lowest BCUT2D eigenvalue weighted by atomic mass is 10.1. The van der Waals surface area contributed by atoms with Crippen LogP contribution in [0.25, 0.3) is 5.69 Å². The summed E-state index contributed by atoms with van der Waals surface area (Å²) in [4.78, 5) is 39.2. The fourth-order valence-electron chi connectivity index (χ4n) is 4.03. The first-order chi connectivity index (χ1) is 16.6. The zero-order valence-electron chi connectivity index (χ0n) is 18.9. The number of aryl methyl sites for hydroxylation is 1. The Labute approximate surface area is 199 Å². The standard InChI is InChI=1S/C25H23F3N4O3/c1-16-13-21(33)23(30-32(16)20-10-3-2-9-19(20)25(26,27)28)24(35)29-18-8-6-7-17(14-18)15-31-12-5-4-11-22(31)34/h2-3,6-10,13-14H,4-5,11-12,15H2,1H3,(H,29,35). The number of aromatic nitrogens is 2. The molecule has 0 saturated carbocycles. The van der Waals surface area contributed by atoms with Crippen LogP contribution in [0.5, 0.6) is 0 Å². The van der Waals surface area contributed by atoms with Crippen LogP contribution in [0, 0.1) is 6.92 Å². The maximum Gasteiger partial charge on any atom is 0.418 e. The minimum atomic E-state index is -4.65. The lowest BCUT2D eigenvalue weighted by Crippen LogP contribution is -2.34. The molecule has 2 heterocycles. The highest BCUT2D eigenvalue weighted by Gasteiger charge is 2.34. The van der Waals surface area contributed by atoms with E-state index in [0.29, 0.717) is 25.2 Å². The Bertz CT molecular complexity index is 1330. The van der Waals surface area contributed by atoms with E-state index < -0.39 is 28.8 Å². The maximum absolute atomic E-state index is 13.5. The Hall–Kier alpha value is -3.95. The first kappa shape index (κ1) is 24.2. The summed E-state index contributed by atoms with van der Waals surface area (Å²) >= 11 is 0. The molecule has 0 aliphatic carbocycles. The third kappa shape index (κ3) is 5.42. The fourth-order valence-corrected chi connectivity index (χ4v) is 4.03. The summed E-state index contributed by atoms with van der Waals surface area (Å²) in [6.07, 6.45) is -2.32. The monoisotopic (exact) mass is 484 g/mol. The summed E-state index contributed by atoms with van der Waals surface area (Å²) in [6, 6.07) is 12.7. The Kier molecular flexibility index (Phi) is 6.72. The number of anilines is 1. The number of nitrogens with one attached hydrogen (secondary N) is 1. The van der Waals surface area contributed by atoms with Gasteiger partial charge in [-0.3, -0.25) is 14.4 Å². The second kappa shape index (κ2) is 9.73. The van der Waals surface area contributed by atoms with Crippen LogP contribution in [0.3, 0.4) is 0 Å². The third-order valence-electron chi connectivity index (χ3n) is 5.74. The highest BCUT2D eigenvalue weighted by Crippen LogP contribution is 2.33. The molecule has 7 nitrogen and oxygen atoms in total. The van der Waals surface area contributed by atoms with Crippen LogP contribution in [-0.4, -0.2) is 33.0 Å². The first-order valence-corrected chi connectivity index (χ1v) is 11.1. The molecule has 1 aliphatic heterocycles. The first-order valence-electron chi connectivity index (χ1n) is 11.1. The summed E-state index contributed by atoms with van der Waals surface area (Å²) in [5, 5.41) is 6.57. The van der Waals surface area contributed by atoms with E-state index in [1.54, 1.807) is 23.1 Å². The molecular weight excluding hydrogens is 461 g/mol. The molecule has 0 bridgehead atoms. The Morgan fingerprint density at radius 2 is 1.83 bits per heavy atom. The van der Waals surface area contributed by atoms with Crippen LogP contribution in [-0.2, 0) is 17.5 Å². The van der Waals surface area contributed by atoms with Gasteiger partial charge in [0.25, 0.3) is 5.91 Å². The molecule has 1 aliphatic rings. The number of para-hydroxylation sites is 1. The lowest BCUT2D eigenvalue weighted by molar-refractivity contribution is -0.137. The number of nitrogens with zero attached hydrogens (tertiary/aromatic N) is 3. The van der Waals surface area contributed by atoms with Crippen molar-refractivity contribution in [2.45, 2.75) is 38.9 Å². The van der Waals surface area contributed by atoms with Crippen LogP contribution in [0.2, 0.25) is 0 Å². The number of carbonyl (C=O) groups is 2. The van der Waals surface area contributed by atoms with Gasteiger partial charge in [0, 0.05) is 37.0 Å². The highest BCUT2D eigenvalue weighted by molar-refractivity contribution is 6.02. The van der Waals surface area contributed by atoms with E-state index in [1.165, 1.54) is 25.1 Å². The van der Waals surface area contributed by atoms with Crippen molar-refractivity contribution in [3.8, 4) is 5.69 Å². The average molecular weight is 484 g/mol. The fraction of sp³-hybridized carbons (Fsp3) is 0.280. The smallest absolute Gasteiger partial charge is 0.338 e. The maximum atomic E-state index is 13.5. The Morgan fingerprint density at radius 3 is 2.57 bits per heavy atom. The Morgan fingerprint density at radius 1 is 1.06 bits per heavy atom. The number of hydrogen-bond donors (Lipinski definition) is 1. The molecule has 2 amide bonds. The number of halogens is 3. The SMILES string of the molecule is Cc1cc(=O)c(C(=O)Nc2cccc(CN3CCCCC3=O)c2)nn1-c1ccccc1C(F)(F)F. The van der Waals surface area contributed by atoms with Crippen molar-refractivity contribution in [1.29, 1.82) is 0 Å². The second-order valence-electron chi connectivity index (χ2n) is 8.35. The lowest BCUT2D eigenvalue weighted by Gasteiger charge is -2.26. The van der Waals surface area contributed by atoms with Crippen LogP contribution >= 0.6 is 0 Å². The van der Waals surface area contributed by atoms with Crippen molar-refractivity contribution in [2.75, 3.05) is 11.9 Å². The summed E-state index contributed by atoms with van der Waals surface area (Å²) in [5.74, 6) is -0.770. The summed E-state index contributed by atoms with van der Waals surface area (Å²) < 4.78 is 41.5. The normalized spacial score (nSPS) is 14.2. The molecule has 10 heteroatoms. The average Bonchev–Trinajstić information content (AvgIpc) is 2.80. The number of alkyl halides is 3. The summed E-state index contributed by atoms with van der Waals surface area (Å²) in [7, 11) is 0. The number of benzene rings is 2. The molecule has 0 radical (unpaired) electrons. The number of rotatable bonds is 5. The predicted octanol–water partition coefficient (Wildman–Crippen LogP) is 4.32. The molecular formula is C25H23F3N4O3. The van der Waals surface area contributed by atoms with E-state index in [1.807, 2.05) is 6.07 Å². The van der Waals surface area contributed by atoms with E-state index in [-0.39, 0.29) is 17.3 Å². The minimum absolute atomic E-state index is 0.0780. The van der Waals surface area contributed by atoms with Crippen LogP contribution in [0.4, 0.5) is 18.9 Å². The molecule has 3 aromatic rings. The summed E-state index contributed by atoms with van der Waals surface area (Å²) in [6.45, 7) is 2.50. The zero-order chi connectivity index (χ0) is 25.2. The van der Waals surface area contributed by atoms with Crippen LogP contribution < -0.4 is 10.7 Å². The molecule has 4 rings (SSSR count). The van der Waals surface area contributed by atoms with Gasteiger partial charge in [0.15, 0.2) is 5.69 Å². The molecule has 2 aromatic carbocycles. The van der Waals surface area contributed by atoms with Crippen molar-refractivity contribution >= 4 is 17.5 Å². The van der Waals surface area contributed by atoms with Crippen molar-refractivity contribution < 1.29 is 22.8 Å². The van der Waals surface area contributed by atoms with Crippen molar-refractivity contribution in [3.05, 3.63) is 87.3 Å². The van der Waals surface area contributed by atoms with Crippen molar-refractivity contribution in [2.24, 2.45) is 0 Å². The number of piperidine rings is 1. The molecule has 0 spiro atoms. The van der Waals surface area contributed by atoms with Gasteiger partial charge in [-0.25, -0.2) is 4.68 Å². The van der Waals surface area contributed by atoms with E-state index in [9.17, 15) is 27.6 Å². The van der Waals surface area contributed by atoms with Crippen molar-refractivity contribution in [1.82, 2.24) is 14.7 Å². The number of amides is 2. The van der Waals surface area contributed by atoms with E-state index in [4.69, 9.17) is 0 Å². The predicted molar refractivity (Wildman–Crippen MR) is 123 cm³/mol. The van der Waals surface area contributed by atoms with E-state index >= 15 is 0 Å². The largest absolute Gasteiger partial charge is 0.418 e. The van der Waals surface area contributed by atoms with E-state index in [2.05, 4.69) is 10.4 Å². The van der Waals surface area contributed by atoms with Gasteiger partial charge in [-0.1, -0.05) is 24.3 Å². The molecule has 1 aromatic heterocycles. The highest BCUT2D eigenvalue weighted by atomic mass is 19.4. The zero-order valence-corrected chi connectivity index (χ0v) is 18.9. The second-order valence-corrected chi connectivity index (χ2v) is 8.35. The van der Waals surface area contributed by atoms with Gasteiger partial charge in [-0.2, -0.15) is 18.3 Å². The van der Waals surface area contributed by atoms with Gasteiger partial charge in [0.05, 0.1) is 11.3 Å². The topological polar surface area (TPSA) is 84.3 Å². The van der Waals surface area contributed by atoms with Gasteiger partial charge in [-0.05, 0) is 49.6 Å². The van der Waals surface area contributed by atoms with Crippen LogP contribution in [0.1, 0.15) is 46.6 Å². The van der Waals surface area contributed by atoms with Gasteiger partial charge < -0.3 is 10.2 Å². The Balaban J connectivity index is 1.61. The quantitative estimate of drug-likeness (QED) is 0.585. The molecule has 1 fully saturated rings. The van der Waals surface area contributed by atoms with Gasteiger partial charge in [0.2, 0.25) is 11.3 Å². The molecule has 182 valence electrons. The third-order valence-corrected chi connectivity index (χ3v) is 5.74. The van der Waals surface area contributed by atoms with Gasteiger partial charge in [-0.15, -0.1) is 0 Å². The van der Waals surface area contributed by atoms with Gasteiger partial charge >= 0.3 is 6.18 Å². The molecule has 1 N–H and O–H groups in total. The summed E-state index contributed by atoms with van der Waals surface area (Å²) in [5.41, 5.74) is -1.16. The van der Waals surface area contributed by atoms with Crippen LogP contribution in [0.15, 0.2) is 59.4 Å². The number of carbonyl (C=O) groups excluding carboxylic acids is 2. The molecule has 0 atom stereocenters.